The van der Waals surface area contributed by atoms with Gasteiger partial charge < -0.3 is 25.6 Å². The summed E-state index contributed by atoms with van der Waals surface area (Å²) in [5.41, 5.74) is 6.17. The molecule has 0 radical (unpaired) electrons. The topological polar surface area (TPSA) is 87.9 Å². The summed E-state index contributed by atoms with van der Waals surface area (Å²) in [5.74, 6) is -0.159. The normalized spacial score (nSPS) is 11.3. The minimum absolute atomic E-state index is 0.149. The van der Waals surface area contributed by atoms with Crippen molar-refractivity contribution in [1.82, 2.24) is 9.80 Å². The Labute approximate surface area is 184 Å². The molecule has 7 nitrogen and oxygen atoms in total. The van der Waals surface area contributed by atoms with E-state index >= 15 is 0 Å². The number of nitrogens with zero attached hydrogens (tertiary/aromatic N) is 2. The first kappa shape index (κ1) is 25.0. The summed E-state index contributed by atoms with van der Waals surface area (Å²) in [6.45, 7) is 2.62. The number of primary amides is 1. The van der Waals surface area contributed by atoms with Crippen molar-refractivity contribution < 1.29 is 27.5 Å². The molecule has 0 spiro atoms. The van der Waals surface area contributed by atoms with Crippen molar-refractivity contribution >= 4 is 17.6 Å². The Hall–Kier alpha value is -3.27. The number of rotatable bonds is 9. The van der Waals surface area contributed by atoms with Crippen LogP contribution in [0.3, 0.4) is 0 Å². The number of carbonyl (C=O) groups is 2. The highest BCUT2D eigenvalue weighted by Crippen LogP contribution is 2.29. The Morgan fingerprint density at radius 2 is 1.72 bits per heavy atom. The van der Waals surface area contributed by atoms with Crippen LogP contribution in [0.25, 0.3) is 0 Å². The van der Waals surface area contributed by atoms with Gasteiger partial charge in [0.2, 0.25) is 0 Å². The summed E-state index contributed by atoms with van der Waals surface area (Å²) >= 11 is 0. The van der Waals surface area contributed by atoms with E-state index in [1.165, 1.54) is 17.0 Å². The smallest absolute Gasteiger partial charge is 0.416 e. The molecule has 0 aliphatic carbocycles. The van der Waals surface area contributed by atoms with Gasteiger partial charge >= 0.3 is 12.2 Å². The Balaban J connectivity index is 2.12. The number of carbonyl (C=O) groups excluding carboxylic acids is 2. The molecule has 3 N–H and O–H groups in total. The predicted molar refractivity (Wildman–Crippen MR) is 115 cm³/mol. The molecule has 0 saturated carbocycles. The summed E-state index contributed by atoms with van der Waals surface area (Å²) in [7, 11) is 3.73. The van der Waals surface area contributed by atoms with Gasteiger partial charge in [-0.15, -0.1) is 0 Å². The number of anilines is 1. The number of amides is 3. The van der Waals surface area contributed by atoms with Crippen molar-refractivity contribution in [3.8, 4) is 5.75 Å². The lowest BCUT2D eigenvalue weighted by atomic mass is 10.1. The fourth-order valence-electron chi connectivity index (χ4n) is 2.81. The van der Waals surface area contributed by atoms with Crippen LogP contribution in [0.4, 0.5) is 23.7 Å². The highest BCUT2D eigenvalue weighted by atomic mass is 19.4. The SMILES string of the molecule is Cc1cc(OCC(N)=O)ccc1NC(=O)N(CCN(C)C)Cc1ccc(C(F)(F)F)cc1. The second-order valence-corrected chi connectivity index (χ2v) is 7.58. The van der Waals surface area contributed by atoms with E-state index in [-0.39, 0.29) is 19.2 Å². The zero-order valence-electron chi connectivity index (χ0n) is 18.2. The fourth-order valence-corrected chi connectivity index (χ4v) is 2.81. The molecule has 2 rings (SSSR count). The number of nitrogens with one attached hydrogen (secondary N) is 1. The fraction of sp³-hybridized carbons (Fsp3) is 0.364. The van der Waals surface area contributed by atoms with E-state index in [0.29, 0.717) is 35.7 Å². The number of hydrogen-bond acceptors (Lipinski definition) is 4. The molecule has 0 heterocycles. The number of likely N-dealkylation sites (N-methyl/N-ethyl adjacent to an activating group) is 1. The lowest BCUT2D eigenvalue weighted by molar-refractivity contribution is -0.137. The monoisotopic (exact) mass is 452 g/mol. The molecule has 0 aliphatic rings. The highest BCUT2D eigenvalue weighted by molar-refractivity contribution is 5.90. The second kappa shape index (κ2) is 10.9. The lowest BCUT2D eigenvalue weighted by Gasteiger charge is -2.25. The maximum atomic E-state index is 12.9. The van der Waals surface area contributed by atoms with Crippen molar-refractivity contribution in [3.05, 3.63) is 59.2 Å². The third-order valence-electron chi connectivity index (χ3n) is 4.58. The summed E-state index contributed by atoms with van der Waals surface area (Å²) < 4.78 is 43.7. The largest absolute Gasteiger partial charge is 0.484 e. The van der Waals surface area contributed by atoms with Crippen LogP contribution in [0.5, 0.6) is 5.75 Å². The first-order chi connectivity index (χ1) is 15.0. The van der Waals surface area contributed by atoms with E-state index in [0.717, 1.165) is 12.1 Å². The second-order valence-electron chi connectivity index (χ2n) is 7.58. The van der Waals surface area contributed by atoms with Crippen LogP contribution in [0.15, 0.2) is 42.5 Å². The van der Waals surface area contributed by atoms with E-state index < -0.39 is 17.6 Å². The van der Waals surface area contributed by atoms with Gasteiger partial charge in [-0.3, -0.25) is 4.79 Å². The zero-order chi connectivity index (χ0) is 23.9. The van der Waals surface area contributed by atoms with Gasteiger partial charge in [-0.2, -0.15) is 13.2 Å². The third-order valence-corrected chi connectivity index (χ3v) is 4.58. The number of benzene rings is 2. The maximum absolute atomic E-state index is 12.9. The Kier molecular flexibility index (Phi) is 8.48. The standard InChI is InChI=1S/C22H27F3N4O3/c1-15-12-18(32-14-20(26)30)8-9-19(15)27-21(31)29(11-10-28(2)3)13-16-4-6-17(7-5-16)22(23,24)25/h4-9,12H,10-11,13-14H2,1-3H3,(H2,26,30)(H,27,31). The first-order valence-corrected chi connectivity index (χ1v) is 9.84. The molecule has 174 valence electrons. The molecule has 0 saturated heterocycles. The molecular formula is C22H27F3N4O3. The average molecular weight is 452 g/mol. The number of hydrogen-bond donors (Lipinski definition) is 2. The summed E-state index contributed by atoms with van der Waals surface area (Å²) in [5, 5.41) is 2.82. The van der Waals surface area contributed by atoms with Crippen molar-refractivity contribution in [1.29, 1.82) is 0 Å². The average Bonchev–Trinajstić information content (AvgIpc) is 2.70. The van der Waals surface area contributed by atoms with Gasteiger partial charge in [0.05, 0.1) is 5.56 Å². The van der Waals surface area contributed by atoms with E-state index in [2.05, 4.69) is 5.32 Å². The van der Waals surface area contributed by atoms with Gasteiger partial charge in [-0.25, -0.2) is 4.79 Å². The molecule has 2 aromatic rings. The molecule has 0 atom stereocenters. The molecular weight excluding hydrogens is 425 g/mol. The summed E-state index contributed by atoms with van der Waals surface area (Å²) in [6, 6.07) is 9.28. The van der Waals surface area contributed by atoms with Crippen LogP contribution >= 0.6 is 0 Å². The number of aryl methyl sites for hydroxylation is 1. The molecule has 2 aromatic carbocycles. The lowest BCUT2D eigenvalue weighted by Crippen LogP contribution is -2.39. The first-order valence-electron chi connectivity index (χ1n) is 9.84. The van der Waals surface area contributed by atoms with Crippen molar-refractivity contribution in [3.63, 3.8) is 0 Å². The van der Waals surface area contributed by atoms with Crippen LogP contribution in [0.2, 0.25) is 0 Å². The van der Waals surface area contributed by atoms with Gasteiger partial charge in [-0.1, -0.05) is 12.1 Å². The van der Waals surface area contributed by atoms with Crippen LogP contribution in [-0.4, -0.2) is 55.5 Å². The Morgan fingerprint density at radius 3 is 2.25 bits per heavy atom. The van der Waals surface area contributed by atoms with E-state index in [9.17, 15) is 22.8 Å². The molecule has 32 heavy (non-hydrogen) atoms. The van der Waals surface area contributed by atoms with E-state index in [1.807, 2.05) is 19.0 Å². The van der Waals surface area contributed by atoms with Gasteiger partial charge in [0.25, 0.3) is 5.91 Å². The molecule has 0 bridgehead atoms. The number of alkyl halides is 3. The number of urea groups is 1. The molecule has 0 aliphatic heterocycles. The number of nitrogens with two attached hydrogens (primary N) is 1. The zero-order valence-corrected chi connectivity index (χ0v) is 18.2. The van der Waals surface area contributed by atoms with E-state index in [4.69, 9.17) is 10.5 Å². The van der Waals surface area contributed by atoms with E-state index in [1.54, 1.807) is 25.1 Å². The predicted octanol–water partition coefficient (Wildman–Crippen LogP) is 3.47. The highest BCUT2D eigenvalue weighted by Gasteiger charge is 2.30. The van der Waals surface area contributed by atoms with Gasteiger partial charge in [-0.05, 0) is 62.5 Å². The minimum Gasteiger partial charge on any atom is -0.484 e. The van der Waals surface area contributed by atoms with Gasteiger partial charge in [0.15, 0.2) is 6.61 Å². The summed E-state index contributed by atoms with van der Waals surface area (Å²) in [6.07, 6.45) is -4.41. The third kappa shape index (κ3) is 7.77. The molecule has 0 aromatic heterocycles. The quantitative estimate of drug-likeness (QED) is 0.610. The van der Waals surface area contributed by atoms with Gasteiger partial charge in [0.1, 0.15) is 5.75 Å². The molecule has 3 amide bonds. The van der Waals surface area contributed by atoms with Gasteiger partial charge in [0, 0.05) is 25.3 Å². The van der Waals surface area contributed by atoms with Crippen LogP contribution < -0.4 is 15.8 Å². The van der Waals surface area contributed by atoms with Crippen LogP contribution in [0, 0.1) is 6.92 Å². The van der Waals surface area contributed by atoms with Crippen LogP contribution in [-0.2, 0) is 17.5 Å². The molecule has 0 unspecified atom stereocenters. The van der Waals surface area contributed by atoms with Crippen LogP contribution in [0.1, 0.15) is 16.7 Å². The maximum Gasteiger partial charge on any atom is 0.416 e. The number of ether oxygens (including phenoxy) is 1. The molecule has 10 heteroatoms. The molecule has 0 fully saturated rings. The minimum atomic E-state index is -4.41. The van der Waals surface area contributed by atoms with Crippen molar-refractivity contribution in [2.45, 2.75) is 19.6 Å². The summed E-state index contributed by atoms with van der Waals surface area (Å²) in [4.78, 5) is 27.2. The van der Waals surface area contributed by atoms with Crippen molar-refractivity contribution in [2.24, 2.45) is 5.73 Å². The number of halogens is 3. The van der Waals surface area contributed by atoms with Crippen molar-refractivity contribution in [2.75, 3.05) is 39.1 Å². The Morgan fingerprint density at radius 1 is 1.06 bits per heavy atom. The Bertz CT molecular complexity index is 931.